The summed E-state index contributed by atoms with van der Waals surface area (Å²) in [5, 5.41) is 6.30. The molecule has 0 aliphatic carbocycles. The first-order chi connectivity index (χ1) is 8.70. The van der Waals surface area contributed by atoms with Gasteiger partial charge in [0.05, 0.1) is 11.1 Å². The largest absolute Gasteiger partial charge is 0.381 e. The van der Waals surface area contributed by atoms with E-state index in [1.165, 1.54) is 0 Å². The molecule has 1 saturated heterocycles. The zero-order chi connectivity index (χ0) is 12.6. The molecule has 0 radical (unpaired) electrons. The molecular weight excluding hydrogens is 230 g/mol. The maximum atomic E-state index is 12.4. The molecule has 1 amide bonds. The molecule has 18 heavy (non-hydrogen) atoms. The van der Waals surface area contributed by atoms with Gasteiger partial charge in [-0.1, -0.05) is 0 Å². The fourth-order valence-electron chi connectivity index (χ4n) is 2.55. The molecule has 0 unspecified atom stereocenters. The van der Waals surface area contributed by atoms with Gasteiger partial charge in [-0.2, -0.15) is 0 Å². The predicted molar refractivity (Wildman–Crippen MR) is 68.6 cm³/mol. The van der Waals surface area contributed by atoms with Gasteiger partial charge in [0, 0.05) is 25.5 Å². The first-order valence-electron chi connectivity index (χ1n) is 6.30. The van der Waals surface area contributed by atoms with Gasteiger partial charge in [0.1, 0.15) is 5.82 Å². The van der Waals surface area contributed by atoms with Crippen LogP contribution in [0.2, 0.25) is 0 Å². The zero-order valence-corrected chi connectivity index (χ0v) is 10.5. The van der Waals surface area contributed by atoms with Crippen LogP contribution < -0.4 is 10.6 Å². The lowest BCUT2D eigenvalue weighted by Gasteiger charge is -2.34. The van der Waals surface area contributed by atoms with E-state index in [1.807, 2.05) is 19.1 Å². The van der Waals surface area contributed by atoms with Crippen molar-refractivity contribution in [2.75, 3.05) is 30.4 Å². The molecule has 0 bridgehead atoms. The number of ether oxygens (including phenoxy) is 1. The minimum atomic E-state index is -0.354. The van der Waals surface area contributed by atoms with Crippen LogP contribution in [0.4, 0.5) is 11.5 Å². The Morgan fingerprint density at radius 2 is 2.11 bits per heavy atom. The van der Waals surface area contributed by atoms with E-state index in [2.05, 4.69) is 15.6 Å². The first-order valence-corrected chi connectivity index (χ1v) is 6.30. The van der Waals surface area contributed by atoms with Crippen molar-refractivity contribution in [3.8, 4) is 0 Å². The van der Waals surface area contributed by atoms with Gasteiger partial charge in [-0.05, 0) is 31.9 Å². The van der Waals surface area contributed by atoms with Crippen LogP contribution in [0.1, 0.15) is 18.5 Å². The number of aromatic nitrogens is 1. The molecule has 0 atom stereocenters. The smallest absolute Gasteiger partial charge is 0.232 e. The number of carbonyl (C=O) groups excluding carboxylic acids is 1. The van der Waals surface area contributed by atoms with Crippen LogP contribution in [-0.4, -0.2) is 30.6 Å². The lowest BCUT2D eigenvalue weighted by atomic mass is 9.79. The number of hydrogen-bond donors (Lipinski definition) is 2. The highest BCUT2D eigenvalue weighted by molar-refractivity contribution is 5.99. The number of anilines is 2. The minimum absolute atomic E-state index is 0.0858. The van der Waals surface area contributed by atoms with Crippen LogP contribution in [-0.2, 0) is 9.53 Å². The maximum Gasteiger partial charge on any atom is 0.232 e. The van der Waals surface area contributed by atoms with E-state index in [4.69, 9.17) is 4.74 Å². The summed E-state index contributed by atoms with van der Waals surface area (Å²) in [6, 6.07) is 3.81. The third-order valence-corrected chi connectivity index (χ3v) is 3.81. The summed E-state index contributed by atoms with van der Waals surface area (Å²) in [4.78, 5) is 16.8. The number of fused-ring (bicyclic) bond motifs is 1. The van der Waals surface area contributed by atoms with Crippen molar-refractivity contribution in [1.29, 1.82) is 0 Å². The molecule has 0 saturated carbocycles. The third kappa shape index (κ3) is 1.84. The van der Waals surface area contributed by atoms with Crippen LogP contribution >= 0.6 is 0 Å². The molecule has 96 valence electrons. The molecule has 2 aliphatic heterocycles. The Balaban J connectivity index is 1.92. The highest BCUT2D eigenvalue weighted by Crippen LogP contribution is 2.36. The van der Waals surface area contributed by atoms with Crippen molar-refractivity contribution in [2.24, 2.45) is 5.41 Å². The van der Waals surface area contributed by atoms with Gasteiger partial charge in [-0.3, -0.25) is 4.79 Å². The summed E-state index contributed by atoms with van der Waals surface area (Å²) < 4.78 is 5.36. The molecular formula is C13H17N3O2. The van der Waals surface area contributed by atoms with E-state index in [0.29, 0.717) is 19.8 Å². The Kier molecular flexibility index (Phi) is 2.70. The SMILES string of the molecule is Cc1ccc2c(n1)NCC1(CCOCC1)C(=O)N2. The molecule has 0 aromatic carbocycles. The van der Waals surface area contributed by atoms with E-state index >= 15 is 0 Å². The molecule has 3 rings (SSSR count). The quantitative estimate of drug-likeness (QED) is 0.730. The third-order valence-electron chi connectivity index (χ3n) is 3.81. The topological polar surface area (TPSA) is 63.3 Å². The van der Waals surface area contributed by atoms with Crippen LogP contribution in [0.3, 0.4) is 0 Å². The van der Waals surface area contributed by atoms with Crippen LogP contribution in [0, 0.1) is 12.3 Å². The van der Waals surface area contributed by atoms with Crippen molar-refractivity contribution in [1.82, 2.24) is 4.98 Å². The second-order valence-corrected chi connectivity index (χ2v) is 5.05. The molecule has 1 fully saturated rings. The average molecular weight is 247 g/mol. The van der Waals surface area contributed by atoms with E-state index < -0.39 is 0 Å². The Morgan fingerprint density at radius 1 is 1.33 bits per heavy atom. The Morgan fingerprint density at radius 3 is 2.89 bits per heavy atom. The number of carbonyl (C=O) groups is 1. The van der Waals surface area contributed by atoms with Crippen molar-refractivity contribution >= 4 is 17.4 Å². The fraction of sp³-hybridized carbons (Fsp3) is 0.538. The molecule has 1 aromatic rings. The summed E-state index contributed by atoms with van der Waals surface area (Å²) in [5.41, 5.74) is 1.36. The maximum absolute atomic E-state index is 12.4. The Bertz CT molecular complexity index is 481. The lowest BCUT2D eigenvalue weighted by molar-refractivity contribution is -0.129. The number of nitrogens with zero attached hydrogens (tertiary/aromatic N) is 1. The first kappa shape index (κ1) is 11.5. The highest BCUT2D eigenvalue weighted by Gasteiger charge is 2.41. The van der Waals surface area contributed by atoms with E-state index in [0.717, 1.165) is 30.0 Å². The number of aryl methyl sites for hydroxylation is 1. The van der Waals surface area contributed by atoms with E-state index in [9.17, 15) is 4.79 Å². The Labute approximate surface area is 106 Å². The van der Waals surface area contributed by atoms with Gasteiger partial charge < -0.3 is 15.4 Å². The normalized spacial score (nSPS) is 21.7. The van der Waals surface area contributed by atoms with Crippen molar-refractivity contribution in [2.45, 2.75) is 19.8 Å². The minimum Gasteiger partial charge on any atom is -0.381 e. The van der Waals surface area contributed by atoms with Crippen LogP contribution in [0.25, 0.3) is 0 Å². The summed E-state index contributed by atoms with van der Waals surface area (Å²) in [7, 11) is 0. The molecule has 1 spiro atoms. The molecule has 3 heterocycles. The average Bonchev–Trinajstić information content (AvgIpc) is 2.51. The molecule has 1 aromatic heterocycles. The van der Waals surface area contributed by atoms with Gasteiger partial charge in [0.15, 0.2) is 0 Å². The number of hydrogen-bond acceptors (Lipinski definition) is 4. The van der Waals surface area contributed by atoms with E-state index in [1.54, 1.807) is 0 Å². The Hall–Kier alpha value is -1.62. The predicted octanol–water partition coefficient (Wildman–Crippen LogP) is 1.55. The highest BCUT2D eigenvalue weighted by atomic mass is 16.5. The van der Waals surface area contributed by atoms with Gasteiger partial charge in [0.25, 0.3) is 0 Å². The van der Waals surface area contributed by atoms with Crippen LogP contribution in [0.15, 0.2) is 12.1 Å². The summed E-state index contributed by atoms with van der Waals surface area (Å²) in [6.45, 7) is 3.88. The summed E-state index contributed by atoms with van der Waals surface area (Å²) in [5.74, 6) is 0.856. The number of pyridine rings is 1. The second kappa shape index (κ2) is 4.24. The fourth-order valence-corrected chi connectivity index (χ4v) is 2.55. The summed E-state index contributed by atoms with van der Waals surface area (Å²) in [6.07, 6.45) is 1.53. The second-order valence-electron chi connectivity index (χ2n) is 5.05. The molecule has 5 heteroatoms. The zero-order valence-electron chi connectivity index (χ0n) is 10.5. The van der Waals surface area contributed by atoms with Gasteiger partial charge in [0.2, 0.25) is 5.91 Å². The van der Waals surface area contributed by atoms with Crippen LogP contribution in [0.5, 0.6) is 0 Å². The monoisotopic (exact) mass is 247 g/mol. The van der Waals surface area contributed by atoms with E-state index in [-0.39, 0.29) is 11.3 Å². The summed E-state index contributed by atoms with van der Waals surface area (Å²) >= 11 is 0. The van der Waals surface area contributed by atoms with Crippen molar-refractivity contribution in [3.63, 3.8) is 0 Å². The number of nitrogens with one attached hydrogen (secondary N) is 2. The lowest BCUT2D eigenvalue weighted by Crippen LogP contribution is -2.44. The van der Waals surface area contributed by atoms with Crippen molar-refractivity contribution in [3.05, 3.63) is 17.8 Å². The van der Waals surface area contributed by atoms with Crippen molar-refractivity contribution < 1.29 is 9.53 Å². The molecule has 2 aliphatic rings. The standard InChI is InChI=1S/C13H17N3O2/c1-9-2-3-10-11(15-9)14-8-13(12(17)16-10)4-6-18-7-5-13/h2-3H,4-8H2,1H3,(H,14,15)(H,16,17). The number of amides is 1. The molecule has 5 nitrogen and oxygen atoms in total. The molecule has 2 N–H and O–H groups in total. The van der Waals surface area contributed by atoms with Gasteiger partial charge in [-0.15, -0.1) is 0 Å². The number of rotatable bonds is 0. The van der Waals surface area contributed by atoms with Gasteiger partial charge in [-0.25, -0.2) is 4.98 Å². The van der Waals surface area contributed by atoms with Gasteiger partial charge >= 0.3 is 0 Å².